The molecule has 1 aliphatic carbocycles. The van der Waals surface area contributed by atoms with Gasteiger partial charge >= 0.3 is 0 Å². The van der Waals surface area contributed by atoms with Crippen LogP contribution < -0.4 is 5.73 Å². The van der Waals surface area contributed by atoms with E-state index in [0.29, 0.717) is 24.6 Å². The lowest BCUT2D eigenvalue weighted by Crippen LogP contribution is -2.47. The number of likely N-dealkylation sites (tertiary alicyclic amines) is 1. The van der Waals surface area contributed by atoms with Crippen molar-refractivity contribution in [2.75, 3.05) is 19.7 Å². The fraction of sp³-hybridized carbons (Fsp3) is 1.00. The van der Waals surface area contributed by atoms with Crippen molar-refractivity contribution in [3.8, 4) is 0 Å². The Morgan fingerprint density at radius 1 is 1.20 bits per heavy atom. The zero-order chi connectivity index (χ0) is 10.7. The first kappa shape index (κ1) is 11.4. The van der Waals surface area contributed by atoms with Crippen LogP contribution in [0, 0.1) is 5.92 Å². The van der Waals surface area contributed by atoms with Crippen LogP contribution in [0.15, 0.2) is 0 Å². The van der Waals surface area contributed by atoms with E-state index >= 15 is 0 Å². The molecule has 1 saturated heterocycles. The van der Waals surface area contributed by atoms with Gasteiger partial charge in [-0.2, -0.15) is 0 Å². The molecule has 3 atom stereocenters. The molecule has 3 heteroatoms. The summed E-state index contributed by atoms with van der Waals surface area (Å²) in [5.41, 5.74) is 6.02. The summed E-state index contributed by atoms with van der Waals surface area (Å²) in [4.78, 5) is 2.57. The molecule has 88 valence electrons. The number of piperidine rings is 1. The topological polar surface area (TPSA) is 49.5 Å². The molecule has 0 spiro atoms. The van der Waals surface area contributed by atoms with Crippen molar-refractivity contribution in [1.29, 1.82) is 0 Å². The summed E-state index contributed by atoms with van der Waals surface area (Å²) < 4.78 is 0. The molecule has 0 radical (unpaired) electrons. The monoisotopic (exact) mass is 212 g/mol. The summed E-state index contributed by atoms with van der Waals surface area (Å²) in [5.74, 6) is 0.511. The first-order valence-corrected chi connectivity index (χ1v) is 6.40. The second kappa shape index (κ2) is 5.28. The highest BCUT2D eigenvalue weighted by Gasteiger charge is 2.28. The summed E-state index contributed by atoms with van der Waals surface area (Å²) in [6.45, 7) is 2.66. The van der Waals surface area contributed by atoms with E-state index in [9.17, 15) is 5.11 Å². The molecule has 2 rings (SSSR count). The molecule has 1 aliphatic heterocycles. The van der Waals surface area contributed by atoms with Crippen molar-refractivity contribution in [1.82, 2.24) is 4.90 Å². The molecule has 15 heavy (non-hydrogen) atoms. The Labute approximate surface area is 92.6 Å². The lowest BCUT2D eigenvalue weighted by atomic mass is 9.88. The Morgan fingerprint density at radius 2 is 2.07 bits per heavy atom. The lowest BCUT2D eigenvalue weighted by molar-refractivity contribution is 0.0688. The van der Waals surface area contributed by atoms with Crippen LogP contribution in [0.5, 0.6) is 0 Å². The van der Waals surface area contributed by atoms with E-state index in [1.54, 1.807) is 0 Å². The standard InChI is InChI=1S/C12H24N2O/c13-11-4-1-5-12(7-11)14-6-2-3-10(8-14)9-15/h10-12,15H,1-9,13H2. The van der Waals surface area contributed by atoms with Gasteiger partial charge in [0.1, 0.15) is 0 Å². The smallest absolute Gasteiger partial charge is 0.0471 e. The van der Waals surface area contributed by atoms with Gasteiger partial charge in [0, 0.05) is 25.2 Å². The minimum Gasteiger partial charge on any atom is -0.396 e. The third-order valence-electron chi connectivity index (χ3n) is 4.01. The van der Waals surface area contributed by atoms with E-state index in [4.69, 9.17) is 5.73 Å². The number of aliphatic hydroxyl groups excluding tert-OH is 1. The zero-order valence-corrected chi connectivity index (χ0v) is 9.57. The van der Waals surface area contributed by atoms with Gasteiger partial charge in [-0.05, 0) is 44.6 Å². The van der Waals surface area contributed by atoms with Gasteiger partial charge in [-0.3, -0.25) is 4.90 Å². The van der Waals surface area contributed by atoms with Crippen LogP contribution in [0.3, 0.4) is 0 Å². The van der Waals surface area contributed by atoms with Gasteiger partial charge in [0.05, 0.1) is 0 Å². The maximum Gasteiger partial charge on any atom is 0.0471 e. The summed E-state index contributed by atoms with van der Waals surface area (Å²) >= 11 is 0. The largest absolute Gasteiger partial charge is 0.396 e. The van der Waals surface area contributed by atoms with Crippen LogP contribution in [-0.2, 0) is 0 Å². The number of aliphatic hydroxyl groups is 1. The van der Waals surface area contributed by atoms with Gasteiger partial charge in [0.25, 0.3) is 0 Å². The normalized spacial score (nSPS) is 39.2. The van der Waals surface area contributed by atoms with Crippen LogP contribution in [0.25, 0.3) is 0 Å². The fourth-order valence-electron chi connectivity index (χ4n) is 3.11. The first-order valence-electron chi connectivity index (χ1n) is 6.40. The number of hydrogen-bond donors (Lipinski definition) is 2. The second-order valence-corrected chi connectivity index (χ2v) is 5.27. The van der Waals surface area contributed by atoms with Crippen LogP contribution in [-0.4, -0.2) is 41.8 Å². The Morgan fingerprint density at radius 3 is 2.80 bits per heavy atom. The third-order valence-corrected chi connectivity index (χ3v) is 4.01. The Hall–Kier alpha value is -0.120. The van der Waals surface area contributed by atoms with Gasteiger partial charge in [-0.1, -0.05) is 6.42 Å². The van der Waals surface area contributed by atoms with Gasteiger partial charge in [0.15, 0.2) is 0 Å². The zero-order valence-electron chi connectivity index (χ0n) is 9.57. The fourth-order valence-corrected chi connectivity index (χ4v) is 3.11. The SMILES string of the molecule is NC1CCCC(N2CCCC(CO)C2)C1. The van der Waals surface area contributed by atoms with E-state index in [2.05, 4.69) is 4.90 Å². The highest BCUT2D eigenvalue weighted by atomic mass is 16.3. The van der Waals surface area contributed by atoms with Crippen LogP contribution in [0.2, 0.25) is 0 Å². The van der Waals surface area contributed by atoms with Crippen molar-refractivity contribution < 1.29 is 5.11 Å². The summed E-state index contributed by atoms with van der Waals surface area (Å²) in [5, 5.41) is 9.21. The van der Waals surface area contributed by atoms with Crippen LogP contribution in [0.4, 0.5) is 0 Å². The van der Waals surface area contributed by atoms with Crippen molar-refractivity contribution in [2.24, 2.45) is 11.7 Å². The number of hydrogen-bond acceptors (Lipinski definition) is 3. The van der Waals surface area contributed by atoms with E-state index < -0.39 is 0 Å². The van der Waals surface area contributed by atoms with Crippen LogP contribution in [0.1, 0.15) is 38.5 Å². The average Bonchev–Trinajstić information content (AvgIpc) is 2.29. The van der Waals surface area contributed by atoms with E-state index in [-0.39, 0.29) is 0 Å². The molecular weight excluding hydrogens is 188 g/mol. The lowest BCUT2D eigenvalue weighted by Gasteiger charge is -2.41. The number of rotatable bonds is 2. The average molecular weight is 212 g/mol. The highest BCUT2D eigenvalue weighted by molar-refractivity contribution is 4.85. The molecule has 1 saturated carbocycles. The summed E-state index contributed by atoms with van der Waals surface area (Å²) in [6, 6.07) is 1.11. The van der Waals surface area contributed by atoms with E-state index in [1.165, 1.54) is 38.6 Å². The molecule has 3 nitrogen and oxygen atoms in total. The van der Waals surface area contributed by atoms with Gasteiger partial charge in [0.2, 0.25) is 0 Å². The molecule has 1 heterocycles. The molecule has 3 N–H and O–H groups in total. The Balaban J connectivity index is 1.86. The maximum absolute atomic E-state index is 9.21. The molecular formula is C12H24N2O. The van der Waals surface area contributed by atoms with Crippen molar-refractivity contribution in [2.45, 2.75) is 50.6 Å². The van der Waals surface area contributed by atoms with E-state index in [1.807, 2.05) is 0 Å². The molecule has 0 aromatic rings. The Bertz CT molecular complexity index is 198. The minimum absolute atomic E-state index is 0.356. The van der Waals surface area contributed by atoms with Crippen molar-refractivity contribution >= 4 is 0 Å². The molecule has 0 aromatic carbocycles. The first-order chi connectivity index (χ1) is 7.29. The highest BCUT2D eigenvalue weighted by Crippen LogP contribution is 2.26. The summed E-state index contributed by atoms with van der Waals surface area (Å²) in [7, 11) is 0. The quantitative estimate of drug-likeness (QED) is 0.717. The van der Waals surface area contributed by atoms with Crippen molar-refractivity contribution in [3.05, 3.63) is 0 Å². The molecule has 3 unspecified atom stereocenters. The number of nitrogens with zero attached hydrogens (tertiary/aromatic N) is 1. The third kappa shape index (κ3) is 2.92. The van der Waals surface area contributed by atoms with Gasteiger partial charge < -0.3 is 10.8 Å². The molecule has 0 bridgehead atoms. The number of nitrogens with two attached hydrogens (primary N) is 1. The van der Waals surface area contributed by atoms with Crippen LogP contribution >= 0.6 is 0 Å². The minimum atomic E-state index is 0.356. The molecule has 0 amide bonds. The molecule has 0 aromatic heterocycles. The van der Waals surface area contributed by atoms with Crippen molar-refractivity contribution in [3.63, 3.8) is 0 Å². The molecule has 2 aliphatic rings. The molecule has 2 fully saturated rings. The summed E-state index contributed by atoms with van der Waals surface area (Å²) in [6.07, 6.45) is 7.41. The predicted molar refractivity (Wildman–Crippen MR) is 61.6 cm³/mol. The Kier molecular flexibility index (Phi) is 4.00. The van der Waals surface area contributed by atoms with Gasteiger partial charge in [-0.15, -0.1) is 0 Å². The van der Waals surface area contributed by atoms with Gasteiger partial charge in [-0.25, -0.2) is 0 Å². The second-order valence-electron chi connectivity index (χ2n) is 5.27. The maximum atomic E-state index is 9.21. The van der Waals surface area contributed by atoms with E-state index in [0.717, 1.165) is 13.0 Å². The predicted octanol–water partition coefficient (Wildman–Crippen LogP) is 0.961.